The Morgan fingerprint density at radius 1 is 1.24 bits per heavy atom. The Kier molecular flexibility index (Phi) is 8.79. The summed E-state index contributed by atoms with van der Waals surface area (Å²) in [5.74, 6) is 2.91. The molecule has 0 unspecified atom stereocenters. The van der Waals surface area contributed by atoms with Gasteiger partial charge in [0.2, 0.25) is 0 Å². The Morgan fingerprint density at radius 2 is 1.97 bits per heavy atom. The van der Waals surface area contributed by atoms with Crippen molar-refractivity contribution in [1.29, 1.82) is 0 Å². The highest BCUT2D eigenvalue weighted by atomic mass is 127. The highest BCUT2D eigenvalue weighted by Crippen LogP contribution is 2.44. The van der Waals surface area contributed by atoms with E-state index in [-0.39, 0.29) is 29.4 Å². The normalized spacial score (nSPS) is 15.8. The van der Waals surface area contributed by atoms with Crippen LogP contribution in [-0.4, -0.2) is 31.8 Å². The number of hydrogen-bond acceptors (Lipinski definition) is 4. The Morgan fingerprint density at radius 3 is 2.59 bits per heavy atom. The zero-order chi connectivity index (χ0) is 20.0. The first-order chi connectivity index (χ1) is 13.6. The molecule has 1 fully saturated rings. The number of benzene rings is 1. The lowest BCUT2D eigenvalue weighted by atomic mass is 9.78. The van der Waals surface area contributed by atoms with Crippen LogP contribution in [0.5, 0.6) is 5.75 Å². The van der Waals surface area contributed by atoms with E-state index in [0.717, 1.165) is 42.5 Å². The third-order valence-corrected chi connectivity index (χ3v) is 5.66. The van der Waals surface area contributed by atoms with Crippen molar-refractivity contribution in [1.82, 2.24) is 15.8 Å². The maximum atomic E-state index is 5.65. The summed E-state index contributed by atoms with van der Waals surface area (Å²) in [6.07, 6.45) is 4.78. The van der Waals surface area contributed by atoms with Gasteiger partial charge in [-0.2, -0.15) is 0 Å². The Bertz CT molecular complexity index is 798. The van der Waals surface area contributed by atoms with E-state index in [0.29, 0.717) is 12.5 Å². The molecule has 2 N–H and O–H groups in total. The van der Waals surface area contributed by atoms with Gasteiger partial charge in [-0.05, 0) is 24.8 Å². The third kappa shape index (κ3) is 5.65. The molecule has 0 amide bonds. The number of nitrogens with zero attached hydrogens (tertiary/aromatic N) is 2. The van der Waals surface area contributed by atoms with Crippen molar-refractivity contribution in [3.8, 4) is 5.75 Å². The number of ether oxygens (including phenoxy) is 1. The highest BCUT2D eigenvalue weighted by molar-refractivity contribution is 14.0. The maximum Gasteiger partial charge on any atom is 0.191 e. The smallest absolute Gasteiger partial charge is 0.191 e. The molecule has 29 heavy (non-hydrogen) atoms. The van der Waals surface area contributed by atoms with E-state index in [1.807, 2.05) is 12.1 Å². The molecular weight excluding hydrogens is 479 g/mol. The molecule has 2 aromatic rings. The molecule has 3 rings (SSSR count). The van der Waals surface area contributed by atoms with Crippen LogP contribution in [-0.2, 0) is 12.0 Å². The van der Waals surface area contributed by atoms with Gasteiger partial charge in [-0.3, -0.25) is 4.99 Å². The molecule has 0 atom stereocenters. The molecule has 160 valence electrons. The van der Waals surface area contributed by atoms with Crippen molar-refractivity contribution in [2.75, 3.05) is 20.7 Å². The van der Waals surface area contributed by atoms with E-state index in [1.165, 1.54) is 18.4 Å². The number of hydrogen-bond donors (Lipinski definition) is 2. The van der Waals surface area contributed by atoms with Gasteiger partial charge in [-0.1, -0.05) is 50.0 Å². The van der Waals surface area contributed by atoms with Crippen molar-refractivity contribution >= 4 is 29.9 Å². The standard InChI is InChI=1S/C22H32N4O2.HI/c1-16(2)19-13-17(28-26-19)14-24-21(23-3)25-15-22(11-7-8-12-22)18-9-5-6-10-20(18)27-4;/h5-6,9-10,13,16H,7-8,11-12,14-15H2,1-4H3,(H2,23,24,25);1H. The van der Waals surface area contributed by atoms with Gasteiger partial charge in [0, 0.05) is 30.6 Å². The van der Waals surface area contributed by atoms with Gasteiger partial charge in [-0.15, -0.1) is 24.0 Å². The molecule has 1 heterocycles. The van der Waals surface area contributed by atoms with Gasteiger partial charge in [-0.25, -0.2) is 0 Å². The molecule has 0 radical (unpaired) electrons. The van der Waals surface area contributed by atoms with Gasteiger partial charge >= 0.3 is 0 Å². The molecular formula is C22H33IN4O2. The van der Waals surface area contributed by atoms with Gasteiger partial charge in [0.25, 0.3) is 0 Å². The maximum absolute atomic E-state index is 5.65. The van der Waals surface area contributed by atoms with Crippen molar-refractivity contribution in [2.45, 2.75) is 57.4 Å². The number of aliphatic imine (C=N–C) groups is 1. The lowest BCUT2D eigenvalue weighted by Gasteiger charge is -2.32. The monoisotopic (exact) mass is 512 g/mol. The number of methoxy groups -OCH3 is 1. The zero-order valence-corrected chi connectivity index (χ0v) is 20.2. The molecule has 1 saturated carbocycles. The summed E-state index contributed by atoms with van der Waals surface area (Å²) < 4.78 is 11.1. The number of halogens is 1. The fourth-order valence-corrected chi connectivity index (χ4v) is 4.00. The van der Waals surface area contributed by atoms with E-state index in [2.05, 4.69) is 52.8 Å². The first-order valence-corrected chi connectivity index (χ1v) is 10.1. The second kappa shape index (κ2) is 10.8. The summed E-state index contributed by atoms with van der Waals surface area (Å²) in [7, 11) is 3.54. The minimum atomic E-state index is 0. The predicted molar refractivity (Wildman–Crippen MR) is 127 cm³/mol. The fourth-order valence-electron chi connectivity index (χ4n) is 4.00. The van der Waals surface area contributed by atoms with Crippen LogP contribution in [0.1, 0.15) is 62.5 Å². The lowest BCUT2D eigenvalue weighted by Crippen LogP contribution is -2.44. The highest BCUT2D eigenvalue weighted by Gasteiger charge is 2.37. The van der Waals surface area contributed by atoms with Gasteiger partial charge < -0.3 is 19.9 Å². The third-order valence-electron chi connectivity index (χ3n) is 5.66. The van der Waals surface area contributed by atoms with E-state index >= 15 is 0 Å². The second-order valence-electron chi connectivity index (χ2n) is 7.84. The predicted octanol–water partition coefficient (Wildman–Crippen LogP) is 4.60. The van der Waals surface area contributed by atoms with E-state index in [1.54, 1.807) is 14.2 Å². The van der Waals surface area contributed by atoms with Crippen LogP contribution in [0.4, 0.5) is 0 Å². The SMILES string of the molecule is CN=C(NCc1cc(C(C)C)no1)NCC1(c2ccccc2OC)CCCC1.I. The van der Waals surface area contributed by atoms with Crippen LogP contribution in [0.25, 0.3) is 0 Å². The Labute approximate surface area is 190 Å². The van der Waals surface area contributed by atoms with E-state index < -0.39 is 0 Å². The Hall–Kier alpha value is -1.77. The summed E-state index contributed by atoms with van der Waals surface area (Å²) in [6.45, 7) is 5.59. The number of rotatable bonds is 7. The molecule has 1 aromatic carbocycles. The van der Waals surface area contributed by atoms with Crippen LogP contribution in [0.2, 0.25) is 0 Å². The molecule has 7 heteroatoms. The molecule has 1 aromatic heterocycles. The topological polar surface area (TPSA) is 71.7 Å². The first kappa shape index (κ1) is 23.5. The second-order valence-corrected chi connectivity index (χ2v) is 7.84. The molecule has 1 aliphatic rings. The molecule has 0 spiro atoms. The van der Waals surface area contributed by atoms with Crippen molar-refractivity contribution in [2.24, 2.45) is 4.99 Å². The average molecular weight is 512 g/mol. The van der Waals surface area contributed by atoms with Crippen molar-refractivity contribution < 1.29 is 9.26 Å². The van der Waals surface area contributed by atoms with Crippen LogP contribution in [0, 0.1) is 0 Å². The average Bonchev–Trinajstić information content (AvgIpc) is 3.38. The van der Waals surface area contributed by atoms with Crippen LogP contribution < -0.4 is 15.4 Å². The number of para-hydroxylation sites is 1. The summed E-state index contributed by atoms with van der Waals surface area (Å²) in [4.78, 5) is 4.37. The molecule has 0 saturated heterocycles. The van der Waals surface area contributed by atoms with Gasteiger partial charge in [0.1, 0.15) is 5.75 Å². The minimum absolute atomic E-state index is 0. The molecule has 0 bridgehead atoms. The van der Waals surface area contributed by atoms with Gasteiger partial charge in [0.15, 0.2) is 11.7 Å². The largest absolute Gasteiger partial charge is 0.496 e. The van der Waals surface area contributed by atoms with Crippen LogP contribution in [0.3, 0.4) is 0 Å². The van der Waals surface area contributed by atoms with Crippen LogP contribution in [0.15, 0.2) is 39.8 Å². The van der Waals surface area contributed by atoms with Crippen molar-refractivity contribution in [3.63, 3.8) is 0 Å². The summed E-state index contributed by atoms with van der Waals surface area (Å²) >= 11 is 0. The summed E-state index contributed by atoms with van der Waals surface area (Å²) in [6, 6.07) is 10.4. The quantitative estimate of drug-likeness (QED) is 0.322. The number of nitrogens with one attached hydrogen (secondary N) is 2. The lowest BCUT2D eigenvalue weighted by molar-refractivity contribution is 0.367. The summed E-state index contributed by atoms with van der Waals surface area (Å²) in [5.41, 5.74) is 2.33. The van der Waals surface area contributed by atoms with Gasteiger partial charge in [0.05, 0.1) is 19.3 Å². The number of guanidine groups is 1. The van der Waals surface area contributed by atoms with E-state index in [9.17, 15) is 0 Å². The molecule has 0 aliphatic heterocycles. The number of aromatic nitrogens is 1. The zero-order valence-electron chi connectivity index (χ0n) is 17.8. The van der Waals surface area contributed by atoms with E-state index in [4.69, 9.17) is 9.26 Å². The Balaban J connectivity index is 0.00000300. The fraction of sp³-hybridized carbons (Fsp3) is 0.545. The summed E-state index contributed by atoms with van der Waals surface area (Å²) in [5, 5.41) is 11.0. The first-order valence-electron chi connectivity index (χ1n) is 10.1. The van der Waals surface area contributed by atoms with Crippen LogP contribution >= 0.6 is 24.0 Å². The minimum Gasteiger partial charge on any atom is -0.496 e. The molecule has 6 nitrogen and oxygen atoms in total. The van der Waals surface area contributed by atoms with Crippen molar-refractivity contribution in [3.05, 3.63) is 47.3 Å². The molecule has 1 aliphatic carbocycles.